The molecule has 0 spiro atoms. The van der Waals surface area contributed by atoms with Crippen LogP contribution in [0.15, 0.2) is 24.3 Å². The van der Waals surface area contributed by atoms with Gasteiger partial charge in [-0.05, 0) is 43.4 Å². The van der Waals surface area contributed by atoms with Gasteiger partial charge in [0, 0.05) is 19.2 Å². The second kappa shape index (κ2) is 7.11. The second-order valence-electron chi connectivity index (χ2n) is 5.68. The number of rotatable bonds is 5. The van der Waals surface area contributed by atoms with Gasteiger partial charge in [0.1, 0.15) is 0 Å². The lowest BCUT2D eigenvalue weighted by molar-refractivity contribution is -0.114. The normalized spacial score (nSPS) is 15.7. The molecule has 5 heteroatoms. The lowest BCUT2D eigenvalue weighted by atomic mass is 9.85. The maximum Gasteiger partial charge on any atom is 0.315 e. The Labute approximate surface area is 125 Å². The molecule has 1 aromatic rings. The summed E-state index contributed by atoms with van der Waals surface area (Å²) in [6.45, 7) is 4.16. The molecule has 5 nitrogen and oxygen atoms in total. The van der Waals surface area contributed by atoms with Crippen LogP contribution in [0, 0.1) is 5.92 Å². The average Bonchev–Trinajstić information content (AvgIpc) is 2.36. The highest BCUT2D eigenvalue weighted by Gasteiger charge is 2.18. The monoisotopic (exact) mass is 289 g/mol. The van der Waals surface area contributed by atoms with Gasteiger partial charge in [-0.1, -0.05) is 18.6 Å². The summed E-state index contributed by atoms with van der Waals surface area (Å²) in [5, 5.41) is 8.57. The van der Waals surface area contributed by atoms with E-state index in [0.29, 0.717) is 5.92 Å². The molecule has 3 N–H and O–H groups in total. The Morgan fingerprint density at radius 2 is 2.10 bits per heavy atom. The first-order valence-electron chi connectivity index (χ1n) is 7.46. The number of nitrogens with one attached hydrogen (secondary N) is 3. The van der Waals surface area contributed by atoms with E-state index >= 15 is 0 Å². The van der Waals surface area contributed by atoms with Crippen LogP contribution in [-0.2, 0) is 4.79 Å². The van der Waals surface area contributed by atoms with E-state index in [1.54, 1.807) is 0 Å². The van der Waals surface area contributed by atoms with Gasteiger partial charge in [0.2, 0.25) is 5.91 Å². The lowest BCUT2D eigenvalue weighted by Gasteiger charge is -2.26. The molecular weight excluding hydrogens is 266 g/mol. The van der Waals surface area contributed by atoms with Gasteiger partial charge < -0.3 is 16.0 Å². The first kappa shape index (κ1) is 15.4. The van der Waals surface area contributed by atoms with E-state index in [9.17, 15) is 9.59 Å². The van der Waals surface area contributed by atoms with Gasteiger partial charge >= 0.3 is 6.03 Å². The molecule has 1 saturated carbocycles. The van der Waals surface area contributed by atoms with Gasteiger partial charge in [0.15, 0.2) is 0 Å². The van der Waals surface area contributed by atoms with Crippen molar-refractivity contribution in [2.45, 2.75) is 39.2 Å². The van der Waals surface area contributed by atoms with Crippen LogP contribution in [0.4, 0.5) is 10.5 Å². The van der Waals surface area contributed by atoms with Crippen molar-refractivity contribution in [3.8, 4) is 0 Å². The van der Waals surface area contributed by atoms with E-state index in [1.165, 1.54) is 26.2 Å². The minimum absolute atomic E-state index is 0.106. The Bertz CT molecular complexity index is 512. The molecule has 0 radical (unpaired) electrons. The Morgan fingerprint density at radius 3 is 2.71 bits per heavy atom. The third-order valence-electron chi connectivity index (χ3n) is 3.83. The van der Waals surface area contributed by atoms with Crippen molar-refractivity contribution in [2.24, 2.45) is 5.92 Å². The van der Waals surface area contributed by atoms with E-state index in [4.69, 9.17) is 0 Å². The summed E-state index contributed by atoms with van der Waals surface area (Å²) < 4.78 is 0. The van der Waals surface area contributed by atoms with Crippen molar-refractivity contribution in [2.75, 3.05) is 11.9 Å². The smallest absolute Gasteiger partial charge is 0.315 e. The van der Waals surface area contributed by atoms with Gasteiger partial charge in [0.05, 0.1) is 6.04 Å². The summed E-state index contributed by atoms with van der Waals surface area (Å²) in [5.41, 5.74) is 1.70. The van der Waals surface area contributed by atoms with Gasteiger partial charge in [-0.2, -0.15) is 0 Å². The third kappa shape index (κ3) is 4.77. The number of benzene rings is 1. The molecule has 114 valence electrons. The van der Waals surface area contributed by atoms with E-state index in [0.717, 1.165) is 17.8 Å². The summed E-state index contributed by atoms with van der Waals surface area (Å²) in [6, 6.07) is 7.25. The highest BCUT2D eigenvalue weighted by molar-refractivity contribution is 5.88. The van der Waals surface area contributed by atoms with Gasteiger partial charge in [0.25, 0.3) is 0 Å². The molecule has 0 saturated heterocycles. The molecule has 0 bridgehead atoms. The zero-order chi connectivity index (χ0) is 15.2. The van der Waals surface area contributed by atoms with Gasteiger partial charge in [-0.3, -0.25) is 4.79 Å². The minimum Gasteiger partial charge on any atom is -0.338 e. The molecule has 0 aromatic heterocycles. The molecule has 1 fully saturated rings. The fourth-order valence-corrected chi connectivity index (χ4v) is 2.35. The summed E-state index contributed by atoms with van der Waals surface area (Å²) in [6.07, 6.45) is 3.71. The van der Waals surface area contributed by atoms with Crippen LogP contribution in [0.3, 0.4) is 0 Å². The van der Waals surface area contributed by atoms with Gasteiger partial charge in [-0.25, -0.2) is 4.79 Å². The molecular formula is C16H23N3O2. The number of carbonyl (C=O) groups is 2. The molecule has 0 heterocycles. The lowest BCUT2D eigenvalue weighted by Crippen LogP contribution is -2.40. The SMILES string of the molecule is CC(=O)Nc1cccc(C(C)NC(=O)NCC2CCC2)c1. The topological polar surface area (TPSA) is 70.2 Å². The summed E-state index contributed by atoms with van der Waals surface area (Å²) in [7, 11) is 0. The van der Waals surface area contributed by atoms with E-state index < -0.39 is 0 Å². The van der Waals surface area contributed by atoms with Crippen LogP contribution in [0.2, 0.25) is 0 Å². The maximum atomic E-state index is 11.8. The van der Waals surface area contributed by atoms with Crippen molar-refractivity contribution < 1.29 is 9.59 Å². The molecule has 1 aliphatic carbocycles. The number of anilines is 1. The van der Waals surface area contributed by atoms with Crippen molar-refractivity contribution in [3.63, 3.8) is 0 Å². The number of urea groups is 1. The minimum atomic E-state index is -0.140. The molecule has 3 amide bonds. The molecule has 0 aliphatic heterocycles. The van der Waals surface area contributed by atoms with Crippen LogP contribution in [0.5, 0.6) is 0 Å². The summed E-state index contributed by atoms with van der Waals surface area (Å²) in [4.78, 5) is 22.9. The standard InChI is InChI=1S/C16H23N3O2/c1-11(18-16(21)17-10-13-5-3-6-13)14-7-4-8-15(9-14)19-12(2)20/h4,7-9,11,13H,3,5-6,10H2,1-2H3,(H,19,20)(H2,17,18,21). The molecule has 1 atom stereocenters. The highest BCUT2D eigenvalue weighted by atomic mass is 16.2. The molecule has 1 aromatic carbocycles. The summed E-state index contributed by atoms with van der Waals surface area (Å²) in [5.74, 6) is 0.542. The number of amides is 3. The maximum absolute atomic E-state index is 11.8. The first-order chi connectivity index (χ1) is 10.0. The Morgan fingerprint density at radius 1 is 1.33 bits per heavy atom. The van der Waals surface area contributed by atoms with Crippen LogP contribution in [0.1, 0.15) is 44.7 Å². The van der Waals surface area contributed by atoms with Crippen LogP contribution in [-0.4, -0.2) is 18.5 Å². The second-order valence-corrected chi connectivity index (χ2v) is 5.68. The fourth-order valence-electron chi connectivity index (χ4n) is 2.35. The van der Waals surface area contributed by atoms with E-state index in [2.05, 4.69) is 16.0 Å². The van der Waals surface area contributed by atoms with Crippen LogP contribution >= 0.6 is 0 Å². The molecule has 1 unspecified atom stereocenters. The average molecular weight is 289 g/mol. The number of hydrogen-bond donors (Lipinski definition) is 3. The van der Waals surface area contributed by atoms with Crippen molar-refractivity contribution >= 4 is 17.6 Å². The Kier molecular flexibility index (Phi) is 5.20. The fraction of sp³-hybridized carbons (Fsp3) is 0.500. The molecule has 1 aliphatic rings. The van der Waals surface area contributed by atoms with Crippen LogP contribution < -0.4 is 16.0 Å². The van der Waals surface area contributed by atoms with Gasteiger partial charge in [-0.15, -0.1) is 0 Å². The highest BCUT2D eigenvalue weighted by Crippen LogP contribution is 2.25. The predicted molar refractivity (Wildman–Crippen MR) is 83.0 cm³/mol. The zero-order valence-electron chi connectivity index (χ0n) is 12.6. The van der Waals surface area contributed by atoms with Crippen molar-refractivity contribution in [3.05, 3.63) is 29.8 Å². The van der Waals surface area contributed by atoms with Crippen LogP contribution in [0.25, 0.3) is 0 Å². The first-order valence-corrected chi connectivity index (χ1v) is 7.46. The number of carbonyl (C=O) groups excluding carboxylic acids is 2. The Balaban J connectivity index is 1.84. The Hall–Kier alpha value is -2.04. The summed E-state index contributed by atoms with van der Waals surface area (Å²) >= 11 is 0. The molecule has 2 rings (SSSR count). The number of hydrogen-bond acceptors (Lipinski definition) is 2. The van der Waals surface area contributed by atoms with Crippen molar-refractivity contribution in [1.29, 1.82) is 0 Å². The van der Waals surface area contributed by atoms with Crippen molar-refractivity contribution in [1.82, 2.24) is 10.6 Å². The largest absolute Gasteiger partial charge is 0.338 e. The van der Waals surface area contributed by atoms with E-state index in [1.807, 2.05) is 31.2 Å². The molecule has 21 heavy (non-hydrogen) atoms. The zero-order valence-corrected chi connectivity index (χ0v) is 12.6. The third-order valence-corrected chi connectivity index (χ3v) is 3.83. The predicted octanol–water partition coefficient (Wildman–Crippen LogP) is 2.81. The quantitative estimate of drug-likeness (QED) is 0.780. The van der Waals surface area contributed by atoms with E-state index in [-0.39, 0.29) is 18.0 Å².